The van der Waals surface area contributed by atoms with E-state index in [0.717, 1.165) is 6.07 Å². The van der Waals surface area contributed by atoms with Crippen LogP contribution in [0.4, 0.5) is 0 Å². The van der Waals surface area contributed by atoms with Gasteiger partial charge in [0, 0.05) is 11.1 Å². The van der Waals surface area contributed by atoms with E-state index < -0.39 is 23.2 Å². The average molecular weight is 376 g/mol. The van der Waals surface area contributed by atoms with Gasteiger partial charge >= 0.3 is 5.97 Å². The summed E-state index contributed by atoms with van der Waals surface area (Å²) in [6.07, 6.45) is 2.84. The quantitative estimate of drug-likeness (QED) is 0.303. The van der Waals surface area contributed by atoms with Crippen LogP contribution in [0.5, 0.6) is 17.2 Å². The fourth-order valence-electron chi connectivity index (χ4n) is 2.82. The number of allylic oxidation sites excluding steroid dienone is 1. The molecule has 0 aromatic heterocycles. The lowest BCUT2D eigenvalue weighted by atomic mass is 9.93. The van der Waals surface area contributed by atoms with Gasteiger partial charge in [0.05, 0.1) is 5.56 Å². The van der Waals surface area contributed by atoms with Crippen LogP contribution in [0.25, 0.3) is 17.2 Å². The van der Waals surface area contributed by atoms with Crippen LogP contribution in [0.1, 0.15) is 26.3 Å². The molecule has 0 aliphatic rings. The normalized spacial score (nSPS) is 10.9. The van der Waals surface area contributed by atoms with Gasteiger partial charge in [-0.1, -0.05) is 60.7 Å². The number of carboxylic acids is 1. The third-order valence-corrected chi connectivity index (χ3v) is 4.19. The molecule has 6 nitrogen and oxygen atoms in total. The number of carbonyl (C=O) groups excluding carboxylic acids is 1. The number of rotatable bonds is 5. The minimum Gasteiger partial charge on any atom is -0.504 e. The minimum atomic E-state index is -1.39. The molecule has 4 N–H and O–H groups in total. The molecule has 0 fully saturated rings. The van der Waals surface area contributed by atoms with Crippen molar-refractivity contribution in [2.24, 2.45) is 0 Å². The van der Waals surface area contributed by atoms with Crippen molar-refractivity contribution in [3.05, 3.63) is 83.4 Å². The van der Waals surface area contributed by atoms with Crippen molar-refractivity contribution < 1.29 is 30.0 Å². The van der Waals surface area contributed by atoms with Gasteiger partial charge in [0.15, 0.2) is 17.3 Å². The fraction of sp³-hybridized carbons (Fsp3) is 0. The van der Waals surface area contributed by atoms with Gasteiger partial charge in [-0.3, -0.25) is 4.79 Å². The van der Waals surface area contributed by atoms with Crippen molar-refractivity contribution in [1.29, 1.82) is 0 Å². The molecule has 0 radical (unpaired) electrons. The number of carbonyl (C=O) groups is 2. The van der Waals surface area contributed by atoms with Gasteiger partial charge in [-0.15, -0.1) is 0 Å². The van der Waals surface area contributed by atoms with E-state index in [-0.39, 0.29) is 22.5 Å². The smallest absolute Gasteiger partial charge is 0.336 e. The Hall–Kier alpha value is -4.06. The second-order valence-electron chi connectivity index (χ2n) is 5.97. The Morgan fingerprint density at radius 2 is 1.46 bits per heavy atom. The molecule has 0 aliphatic carbocycles. The third kappa shape index (κ3) is 3.57. The van der Waals surface area contributed by atoms with E-state index in [1.54, 1.807) is 54.6 Å². The molecule has 0 bridgehead atoms. The molecule has 0 amide bonds. The zero-order valence-corrected chi connectivity index (χ0v) is 14.5. The monoisotopic (exact) mass is 376 g/mol. The number of aromatic hydroxyl groups is 3. The lowest BCUT2D eigenvalue weighted by Gasteiger charge is -2.14. The number of hydrogen-bond acceptors (Lipinski definition) is 5. The van der Waals surface area contributed by atoms with Crippen molar-refractivity contribution in [3.8, 4) is 28.4 Å². The van der Waals surface area contributed by atoms with Crippen molar-refractivity contribution >= 4 is 17.8 Å². The molecule has 0 atom stereocenters. The maximum absolute atomic E-state index is 12.3. The van der Waals surface area contributed by atoms with Crippen LogP contribution in [0.3, 0.4) is 0 Å². The summed E-state index contributed by atoms with van der Waals surface area (Å²) in [5.41, 5.74) is 0.685. The standard InChI is InChI=1S/C22H16O6/c23-17(14-7-2-1-3-8-14)11-10-13-6-4-5-9-15(13)19-16(22(27)28)12-18(24)20(25)21(19)26/h1-12,24-26H,(H,27,28)/b11-10+. The Morgan fingerprint density at radius 1 is 0.821 bits per heavy atom. The molecular formula is C22H16O6. The van der Waals surface area contributed by atoms with E-state index in [2.05, 4.69) is 0 Å². The predicted molar refractivity (Wildman–Crippen MR) is 104 cm³/mol. The summed E-state index contributed by atoms with van der Waals surface area (Å²) in [5.74, 6) is -3.95. The van der Waals surface area contributed by atoms with E-state index in [1.807, 2.05) is 0 Å². The van der Waals surface area contributed by atoms with Crippen molar-refractivity contribution in [1.82, 2.24) is 0 Å². The van der Waals surface area contributed by atoms with Gasteiger partial charge in [0.25, 0.3) is 0 Å². The molecule has 28 heavy (non-hydrogen) atoms. The molecule has 6 heteroatoms. The highest BCUT2D eigenvalue weighted by atomic mass is 16.4. The Morgan fingerprint density at radius 3 is 2.14 bits per heavy atom. The molecule has 3 aromatic carbocycles. The zero-order chi connectivity index (χ0) is 20.3. The summed E-state index contributed by atoms with van der Waals surface area (Å²) in [6, 6.07) is 16.0. The van der Waals surface area contributed by atoms with Crippen LogP contribution >= 0.6 is 0 Å². The molecule has 0 unspecified atom stereocenters. The number of benzene rings is 3. The molecule has 3 aromatic rings. The SMILES string of the molecule is O=C(/C=C/c1ccccc1-c1c(C(=O)O)cc(O)c(O)c1O)c1ccccc1. The number of carboxylic acid groups (broad SMARTS) is 1. The summed E-state index contributed by atoms with van der Waals surface area (Å²) in [6.45, 7) is 0. The first-order chi connectivity index (χ1) is 13.4. The Bertz CT molecular complexity index is 1080. The first-order valence-electron chi connectivity index (χ1n) is 8.28. The van der Waals surface area contributed by atoms with Gasteiger partial charge in [-0.25, -0.2) is 4.79 Å². The number of aromatic carboxylic acids is 1. The van der Waals surface area contributed by atoms with Crippen LogP contribution in [0, 0.1) is 0 Å². The summed E-state index contributed by atoms with van der Waals surface area (Å²) in [7, 11) is 0. The maximum atomic E-state index is 12.3. The highest BCUT2D eigenvalue weighted by Crippen LogP contribution is 2.45. The number of phenols is 3. The van der Waals surface area contributed by atoms with Crippen LogP contribution in [0.15, 0.2) is 66.7 Å². The number of phenolic OH excluding ortho intramolecular Hbond substituents is 3. The summed E-state index contributed by atoms with van der Waals surface area (Å²) in [5, 5.41) is 39.2. The molecule has 0 aliphatic heterocycles. The van der Waals surface area contributed by atoms with Crippen LogP contribution in [0.2, 0.25) is 0 Å². The summed E-state index contributed by atoms with van der Waals surface area (Å²) >= 11 is 0. The molecule has 3 rings (SSSR count). The van der Waals surface area contributed by atoms with Crippen LogP contribution in [-0.2, 0) is 0 Å². The molecular weight excluding hydrogens is 360 g/mol. The summed E-state index contributed by atoms with van der Waals surface area (Å²) in [4.78, 5) is 23.9. The number of ketones is 1. The maximum Gasteiger partial charge on any atom is 0.336 e. The minimum absolute atomic E-state index is 0.157. The molecule has 0 spiro atoms. The molecule has 0 heterocycles. The lowest BCUT2D eigenvalue weighted by molar-refractivity contribution is 0.0696. The average Bonchev–Trinajstić information content (AvgIpc) is 2.71. The molecule has 0 saturated heterocycles. The van der Waals surface area contributed by atoms with Gasteiger partial charge in [-0.2, -0.15) is 0 Å². The van der Waals surface area contributed by atoms with Crippen molar-refractivity contribution in [2.45, 2.75) is 0 Å². The van der Waals surface area contributed by atoms with Gasteiger partial charge in [0.1, 0.15) is 0 Å². The largest absolute Gasteiger partial charge is 0.504 e. The lowest BCUT2D eigenvalue weighted by Crippen LogP contribution is -2.01. The van der Waals surface area contributed by atoms with Gasteiger partial charge < -0.3 is 20.4 Å². The van der Waals surface area contributed by atoms with E-state index >= 15 is 0 Å². The first-order valence-corrected chi connectivity index (χ1v) is 8.28. The molecule has 0 saturated carbocycles. The second-order valence-corrected chi connectivity index (χ2v) is 5.97. The Balaban J connectivity index is 2.12. The summed E-state index contributed by atoms with van der Waals surface area (Å²) < 4.78 is 0. The van der Waals surface area contributed by atoms with Crippen molar-refractivity contribution in [3.63, 3.8) is 0 Å². The van der Waals surface area contributed by atoms with E-state index in [1.165, 1.54) is 12.2 Å². The third-order valence-electron chi connectivity index (χ3n) is 4.19. The predicted octanol–water partition coefficient (Wildman–Crippen LogP) is 4.06. The van der Waals surface area contributed by atoms with Crippen LogP contribution < -0.4 is 0 Å². The molecule has 140 valence electrons. The first kappa shape index (κ1) is 18.7. The van der Waals surface area contributed by atoms with Crippen LogP contribution in [-0.4, -0.2) is 32.2 Å². The van der Waals surface area contributed by atoms with E-state index in [9.17, 15) is 30.0 Å². The van der Waals surface area contributed by atoms with Crippen molar-refractivity contribution in [2.75, 3.05) is 0 Å². The zero-order valence-electron chi connectivity index (χ0n) is 14.5. The number of hydrogen-bond donors (Lipinski definition) is 4. The second kappa shape index (κ2) is 7.67. The fourth-order valence-corrected chi connectivity index (χ4v) is 2.82. The topological polar surface area (TPSA) is 115 Å². The highest BCUT2D eigenvalue weighted by Gasteiger charge is 2.23. The van der Waals surface area contributed by atoms with E-state index in [0.29, 0.717) is 11.1 Å². The Kier molecular flexibility index (Phi) is 5.13. The van der Waals surface area contributed by atoms with Gasteiger partial charge in [-0.05, 0) is 23.3 Å². The Labute approximate surface area is 160 Å². The van der Waals surface area contributed by atoms with E-state index in [4.69, 9.17) is 0 Å². The highest BCUT2D eigenvalue weighted by molar-refractivity contribution is 6.07. The van der Waals surface area contributed by atoms with Gasteiger partial charge in [0.2, 0.25) is 5.75 Å².